The standard InChI is InChI=1S/C16H22N4O2/c1-2-19-12-17-9-13(19)11-20-7-3-6-15(20)16(21)18-10-14-5-4-8-22-14/h4-5,8-9,12,15H,2-3,6-7,10-11H2,1H3,(H,18,21). The van der Waals surface area contributed by atoms with Gasteiger partial charge in [-0.2, -0.15) is 0 Å². The summed E-state index contributed by atoms with van der Waals surface area (Å²) in [6, 6.07) is 3.64. The molecule has 3 heterocycles. The van der Waals surface area contributed by atoms with Gasteiger partial charge in [-0.25, -0.2) is 4.98 Å². The molecule has 6 nitrogen and oxygen atoms in total. The summed E-state index contributed by atoms with van der Waals surface area (Å²) >= 11 is 0. The summed E-state index contributed by atoms with van der Waals surface area (Å²) in [5.74, 6) is 0.860. The van der Waals surface area contributed by atoms with Crippen LogP contribution in [0.25, 0.3) is 0 Å². The molecule has 0 saturated carbocycles. The monoisotopic (exact) mass is 302 g/mol. The van der Waals surface area contributed by atoms with Crippen molar-refractivity contribution in [2.45, 2.75) is 45.4 Å². The number of amides is 1. The van der Waals surface area contributed by atoms with E-state index in [2.05, 4.69) is 26.7 Å². The van der Waals surface area contributed by atoms with Crippen molar-refractivity contribution in [1.82, 2.24) is 19.8 Å². The Morgan fingerprint density at radius 2 is 2.45 bits per heavy atom. The van der Waals surface area contributed by atoms with Crippen LogP contribution in [0.5, 0.6) is 0 Å². The molecule has 0 bridgehead atoms. The van der Waals surface area contributed by atoms with Crippen molar-refractivity contribution in [3.05, 3.63) is 42.4 Å². The predicted octanol–water partition coefficient (Wildman–Crippen LogP) is 1.78. The third-order valence-corrected chi connectivity index (χ3v) is 4.19. The first-order valence-corrected chi connectivity index (χ1v) is 7.81. The summed E-state index contributed by atoms with van der Waals surface area (Å²) in [6.45, 7) is 5.17. The fourth-order valence-electron chi connectivity index (χ4n) is 2.99. The van der Waals surface area contributed by atoms with Gasteiger partial charge in [-0.05, 0) is 38.4 Å². The molecule has 0 aromatic carbocycles. The minimum atomic E-state index is -0.0600. The van der Waals surface area contributed by atoms with Gasteiger partial charge >= 0.3 is 0 Å². The maximum atomic E-state index is 12.4. The number of nitrogens with one attached hydrogen (secondary N) is 1. The van der Waals surface area contributed by atoms with Crippen LogP contribution in [0.1, 0.15) is 31.2 Å². The molecule has 2 aromatic heterocycles. The minimum absolute atomic E-state index is 0.0600. The van der Waals surface area contributed by atoms with E-state index < -0.39 is 0 Å². The molecule has 3 rings (SSSR count). The summed E-state index contributed by atoms with van der Waals surface area (Å²) in [5.41, 5.74) is 1.16. The highest BCUT2D eigenvalue weighted by Gasteiger charge is 2.31. The van der Waals surface area contributed by atoms with Gasteiger partial charge in [0.25, 0.3) is 0 Å². The normalized spacial score (nSPS) is 18.7. The molecule has 1 saturated heterocycles. The molecule has 2 aromatic rings. The molecule has 1 aliphatic rings. The lowest BCUT2D eigenvalue weighted by atomic mass is 10.2. The summed E-state index contributed by atoms with van der Waals surface area (Å²) < 4.78 is 7.37. The van der Waals surface area contributed by atoms with Crippen molar-refractivity contribution < 1.29 is 9.21 Å². The Hall–Kier alpha value is -2.08. The number of carbonyl (C=O) groups is 1. The number of carbonyl (C=O) groups excluding carboxylic acids is 1. The zero-order valence-electron chi connectivity index (χ0n) is 12.9. The molecule has 1 unspecified atom stereocenters. The molecular formula is C16H22N4O2. The van der Waals surface area contributed by atoms with Crippen molar-refractivity contribution in [2.24, 2.45) is 0 Å². The third kappa shape index (κ3) is 3.22. The Kier molecular flexibility index (Phi) is 4.58. The summed E-state index contributed by atoms with van der Waals surface area (Å²) in [7, 11) is 0. The van der Waals surface area contributed by atoms with Gasteiger partial charge in [0.15, 0.2) is 0 Å². The number of rotatable bonds is 6. The molecule has 0 spiro atoms. The van der Waals surface area contributed by atoms with Crippen molar-refractivity contribution in [3.63, 3.8) is 0 Å². The second-order valence-electron chi connectivity index (χ2n) is 5.60. The number of aryl methyl sites for hydroxylation is 1. The Bertz CT molecular complexity index is 605. The molecule has 1 aliphatic heterocycles. The molecule has 1 amide bonds. The van der Waals surface area contributed by atoms with Crippen LogP contribution in [-0.2, 0) is 24.4 Å². The molecule has 0 aliphatic carbocycles. The van der Waals surface area contributed by atoms with Crippen molar-refractivity contribution in [2.75, 3.05) is 6.54 Å². The first kappa shape index (κ1) is 14.8. The average molecular weight is 302 g/mol. The fourth-order valence-corrected chi connectivity index (χ4v) is 2.99. The molecule has 0 radical (unpaired) electrons. The maximum absolute atomic E-state index is 12.4. The van der Waals surface area contributed by atoms with Gasteiger partial charge in [-0.3, -0.25) is 9.69 Å². The molecule has 1 N–H and O–H groups in total. The number of hydrogen-bond donors (Lipinski definition) is 1. The number of nitrogens with zero attached hydrogens (tertiary/aromatic N) is 3. The van der Waals surface area contributed by atoms with E-state index >= 15 is 0 Å². The highest BCUT2D eigenvalue weighted by molar-refractivity contribution is 5.81. The molecule has 1 atom stereocenters. The van der Waals surface area contributed by atoms with Crippen LogP contribution in [0.4, 0.5) is 0 Å². The van der Waals surface area contributed by atoms with Crippen LogP contribution in [-0.4, -0.2) is 32.9 Å². The van der Waals surface area contributed by atoms with Crippen molar-refractivity contribution >= 4 is 5.91 Å². The number of aromatic nitrogens is 2. The molecule has 6 heteroatoms. The quantitative estimate of drug-likeness (QED) is 0.883. The summed E-state index contributed by atoms with van der Waals surface area (Å²) in [4.78, 5) is 18.9. The van der Waals surface area contributed by atoms with E-state index in [1.54, 1.807) is 6.26 Å². The van der Waals surface area contributed by atoms with Gasteiger partial charge in [0.05, 0.1) is 30.9 Å². The van der Waals surface area contributed by atoms with E-state index in [4.69, 9.17) is 4.42 Å². The maximum Gasteiger partial charge on any atom is 0.237 e. The average Bonchev–Trinajstić information content (AvgIpc) is 3.27. The van der Waals surface area contributed by atoms with Crippen LogP contribution in [0, 0.1) is 0 Å². The fraction of sp³-hybridized carbons (Fsp3) is 0.500. The number of likely N-dealkylation sites (tertiary alicyclic amines) is 1. The van der Waals surface area contributed by atoms with Gasteiger partial charge in [-0.1, -0.05) is 0 Å². The Balaban J connectivity index is 1.59. The van der Waals surface area contributed by atoms with Crippen LogP contribution in [0.15, 0.2) is 35.3 Å². The van der Waals surface area contributed by atoms with E-state index in [1.807, 2.05) is 24.7 Å². The van der Waals surface area contributed by atoms with Gasteiger partial charge in [0.1, 0.15) is 5.76 Å². The second-order valence-corrected chi connectivity index (χ2v) is 5.60. The Labute approximate surface area is 130 Å². The van der Waals surface area contributed by atoms with Gasteiger partial charge < -0.3 is 14.3 Å². The second kappa shape index (κ2) is 6.79. The smallest absolute Gasteiger partial charge is 0.237 e. The third-order valence-electron chi connectivity index (χ3n) is 4.19. The Morgan fingerprint density at radius 1 is 1.55 bits per heavy atom. The largest absolute Gasteiger partial charge is 0.467 e. The highest BCUT2D eigenvalue weighted by Crippen LogP contribution is 2.20. The summed E-state index contributed by atoms with van der Waals surface area (Å²) in [6.07, 6.45) is 7.32. The van der Waals surface area contributed by atoms with Crippen molar-refractivity contribution in [1.29, 1.82) is 0 Å². The molecule has 22 heavy (non-hydrogen) atoms. The summed E-state index contributed by atoms with van der Waals surface area (Å²) in [5, 5.41) is 2.97. The topological polar surface area (TPSA) is 63.3 Å². The zero-order chi connectivity index (χ0) is 15.4. The lowest BCUT2D eigenvalue weighted by Gasteiger charge is -2.23. The molecule has 1 fully saturated rings. The van der Waals surface area contributed by atoms with Crippen LogP contribution in [0.3, 0.4) is 0 Å². The lowest BCUT2D eigenvalue weighted by molar-refractivity contribution is -0.125. The van der Waals surface area contributed by atoms with Crippen LogP contribution < -0.4 is 5.32 Å². The number of imidazole rings is 1. The van der Waals surface area contributed by atoms with Gasteiger partial charge in [0, 0.05) is 19.3 Å². The Morgan fingerprint density at radius 3 is 3.23 bits per heavy atom. The minimum Gasteiger partial charge on any atom is -0.467 e. The number of furan rings is 1. The van der Waals surface area contributed by atoms with Gasteiger partial charge in [0.2, 0.25) is 5.91 Å². The van der Waals surface area contributed by atoms with E-state index in [9.17, 15) is 4.79 Å². The highest BCUT2D eigenvalue weighted by atomic mass is 16.3. The van der Waals surface area contributed by atoms with E-state index in [1.165, 1.54) is 0 Å². The van der Waals surface area contributed by atoms with Gasteiger partial charge in [-0.15, -0.1) is 0 Å². The van der Waals surface area contributed by atoms with E-state index in [0.717, 1.165) is 43.9 Å². The molecule has 118 valence electrons. The lowest BCUT2D eigenvalue weighted by Crippen LogP contribution is -2.42. The number of hydrogen-bond acceptors (Lipinski definition) is 4. The predicted molar refractivity (Wildman–Crippen MR) is 81.9 cm³/mol. The van der Waals surface area contributed by atoms with Crippen LogP contribution >= 0.6 is 0 Å². The molecular weight excluding hydrogens is 280 g/mol. The first-order chi connectivity index (χ1) is 10.8. The first-order valence-electron chi connectivity index (χ1n) is 7.81. The zero-order valence-corrected chi connectivity index (χ0v) is 12.9. The van der Waals surface area contributed by atoms with E-state index in [0.29, 0.717) is 6.54 Å². The van der Waals surface area contributed by atoms with E-state index in [-0.39, 0.29) is 11.9 Å². The SMILES string of the molecule is CCn1cncc1CN1CCCC1C(=O)NCc1ccco1. The van der Waals surface area contributed by atoms with Crippen LogP contribution in [0.2, 0.25) is 0 Å². The van der Waals surface area contributed by atoms with Crippen molar-refractivity contribution in [3.8, 4) is 0 Å².